The smallest absolute Gasteiger partial charge is 0.261 e. The zero-order chi connectivity index (χ0) is 20.0. The van der Waals surface area contributed by atoms with Gasteiger partial charge in [-0.1, -0.05) is 35.6 Å². The van der Waals surface area contributed by atoms with Gasteiger partial charge in [-0.2, -0.15) is 0 Å². The van der Waals surface area contributed by atoms with Crippen LogP contribution in [0.4, 0.5) is 5.13 Å². The number of nitrogens with one attached hydrogen (secondary N) is 1. The number of amides is 3. The Bertz CT molecular complexity index is 1100. The van der Waals surface area contributed by atoms with Crippen LogP contribution in [0.5, 0.6) is 0 Å². The number of hydrogen-bond acceptors (Lipinski definition) is 6. The first-order valence-corrected chi connectivity index (χ1v) is 10.4. The molecule has 7 nitrogen and oxygen atoms in total. The van der Waals surface area contributed by atoms with Gasteiger partial charge in [0, 0.05) is 35.4 Å². The zero-order valence-electron chi connectivity index (χ0n) is 15.6. The fourth-order valence-corrected chi connectivity index (χ4v) is 4.57. The van der Waals surface area contributed by atoms with E-state index in [0.29, 0.717) is 34.0 Å². The summed E-state index contributed by atoms with van der Waals surface area (Å²) in [6.45, 7) is 0.194. The van der Waals surface area contributed by atoms with Gasteiger partial charge >= 0.3 is 0 Å². The summed E-state index contributed by atoms with van der Waals surface area (Å²) in [6.07, 6.45) is 2.85. The van der Waals surface area contributed by atoms with Crippen LogP contribution in [0.25, 0.3) is 10.8 Å². The van der Waals surface area contributed by atoms with E-state index in [1.54, 1.807) is 12.1 Å². The first-order valence-electron chi connectivity index (χ1n) is 9.63. The van der Waals surface area contributed by atoms with E-state index in [-0.39, 0.29) is 30.7 Å². The Balaban J connectivity index is 1.23. The van der Waals surface area contributed by atoms with Crippen molar-refractivity contribution >= 4 is 45.0 Å². The normalized spacial score (nSPS) is 15.8. The van der Waals surface area contributed by atoms with Crippen LogP contribution in [0.3, 0.4) is 0 Å². The largest absolute Gasteiger partial charge is 0.301 e. The molecule has 8 heteroatoms. The maximum atomic E-state index is 12.8. The number of anilines is 1. The Morgan fingerprint density at radius 1 is 1.07 bits per heavy atom. The van der Waals surface area contributed by atoms with Crippen molar-refractivity contribution < 1.29 is 14.4 Å². The van der Waals surface area contributed by atoms with Crippen LogP contribution in [0.1, 0.15) is 57.3 Å². The molecule has 1 aliphatic carbocycles. The SMILES string of the molecule is O=C(CCCN1C(=O)c2cccc3cccc(c23)C1=O)Nc1nnc(C2CC2)s1. The van der Waals surface area contributed by atoms with Crippen molar-refractivity contribution in [2.45, 2.75) is 31.6 Å². The Kier molecular flexibility index (Phi) is 4.35. The van der Waals surface area contributed by atoms with Crippen LogP contribution in [0.2, 0.25) is 0 Å². The highest BCUT2D eigenvalue weighted by atomic mass is 32.1. The van der Waals surface area contributed by atoms with Crippen LogP contribution in [-0.2, 0) is 4.79 Å². The minimum Gasteiger partial charge on any atom is -0.301 e. The molecule has 0 radical (unpaired) electrons. The van der Waals surface area contributed by atoms with Crippen molar-refractivity contribution in [2.75, 3.05) is 11.9 Å². The van der Waals surface area contributed by atoms with Crippen LogP contribution >= 0.6 is 11.3 Å². The summed E-state index contributed by atoms with van der Waals surface area (Å²) in [7, 11) is 0. The average Bonchev–Trinajstić information content (AvgIpc) is 3.48. The maximum absolute atomic E-state index is 12.8. The quantitative estimate of drug-likeness (QED) is 0.632. The Morgan fingerprint density at radius 2 is 1.76 bits per heavy atom. The number of hydrogen-bond donors (Lipinski definition) is 1. The summed E-state index contributed by atoms with van der Waals surface area (Å²) in [5.41, 5.74) is 1.06. The second-order valence-corrected chi connectivity index (χ2v) is 8.35. The molecule has 5 rings (SSSR count). The first-order chi connectivity index (χ1) is 14.1. The van der Waals surface area contributed by atoms with Gasteiger partial charge in [-0.05, 0) is 36.8 Å². The third kappa shape index (κ3) is 3.29. The van der Waals surface area contributed by atoms with E-state index in [1.165, 1.54) is 16.2 Å². The number of aromatic nitrogens is 2. The van der Waals surface area contributed by atoms with E-state index in [9.17, 15) is 14.4 Å². The lowest BCUT2D eigenvalue weighted by atomic mass is 9.94. The van der Waals surface area contributed by atoms with Gasteiger partial charge in [0.05, 0.1) is 0 Å². The Morgan fingerprint density at radius 3 is 2.41 bits per heavy atom. The summed E-state index contributed by atoms with van der Waals surface area (Å²) in [5, 5.41) is 13.9. The van der Waals surface area contributed by atoms with E-state index in [4.69, 9.17) is 0 Å². The number of nitrogens with zero attached hydrogens (tertiary/aromatic N) is 3. The number of benzene rings is 2. The second-order valence-electron chi connectivity index (χ2n) is 7.34. The predicted octanol–water partition coefficient (Wildman–Crippen LogP) is 3.58. The lowest BCUT2D eigenvalue weighted by Gasteiger charge is -2.27. The third-order valence-electron chi connectivity index (χ3n) is 5.25. The molecule has 2 aromatic carbocycles. The summed E-state index contributed by atoms with van der Waals surface area (Å²) in [4.78, 5) is 39.1. The monoisotopic (exact) mass is 406 g/mol. The fraction of sp³-hybridized carbons (Fsp3) is 0.286. The molecule has 3 aromatic rings. The van der Waals surface area contributed by atoms with Gasteiger partial charge in [0.15, 0.2) is 0 Å². The molecule has 1 saturated carbocycles. The second kappa shape index (κ2) is 7.04. The van der Waals surface area contributed by atoms with Gasteiger partial charge in [-0.25, -0.2) is 0 Å². The van der Waals surface area contributed by atoms with Crippen molar-refractivity contribution in [3.63, 3.8) is 0 Å². The molecule has 2 aliphatic rings. The van der Waals surface area contributed by atoms with Crippen LogP contribution < -0.4 is 5.32 Å². The van der Waals surface area contributed by atoms with E-state index >= 15 is 0 Å². The lowest BCUT2D eigenvalue weighted by Crippen LogP contribution is -2.41. The molecule has 3 amide bonds. The Hall–Kier alpha value is -3.13. The van der Waals surface area contributed by atoms with Crippen LogP contribution in [0, 0.1) is 0 Å². The summed E-state index contributed by atoms with van der Waals surface area (Å²) >= 11 is 1.41. The molecule has 146 valence electrons. The Labute approximate surface area is 170 Å². The van der Waals surface area contributed by atoms with E-state index in [1.807, 2.05) is 24.3 Å². The van der Waals surface area contributed by atoms with E-state index in [0.717, 1.165) is 23.2 Å². The molecule has 1 aliphatic heterocycles. The van der Waals surface area contributed by atoms with Crippen molar-refractivity contribution in [3.8, 4) is 0 Å². The van der Waals surface area contributed by atoms with Gasteiger partial charge < -0.3 is 5.32 Å². The molecule has 1 fully saturated rings. The van der Waals surface area contributed by atoms with Crippen molar-refractivity contribution in [3.05, 3.63) is 52.5 Å². The summed E-state index contributed by atoms with van der Waals surface area (Å²) < 4.78 is 0. The van der Waals surface area contributed by atoms with Crippen molar-refractivity contribution in [1.82, 2.24) is 15.1 Å². The lowest BCUT2D eigenvalue weighted by molar-refractivity contribution is -0.116. The minimum atomic E-state index is -0.307. The summed E-state index contributed by atoms with van der Waals surface area (Å²) in [5.74, 6) is -0.305. The molecule has 0 unspecified atom stereocenters. The van der Waals surface area contributed by atoms with Gasteiger partial charge in [0.2, 0.25) is 11.0 Å². The number of carbonyl (C=O) groups is 3. The highest BCUT2D eigenvalue weighted by Gasteiger charge is 2.32. The molecule has 0 saturated heterocycles. The fourth-order valence-electron chi connectivity index (χ4n) is 3.64. The first kappa shape index (κ1) is 17.9. The molecule has 2 heterocycles. The molecular formula is C21H18N4O3S. The minimum absolute atomic E-state index is 0.192. The van der Waals surface area contributed by atoms with Gasteiger partial charge in [-0.3, -0.25) is 19.3 Å². The highest BCUT2D eigenvalue weighted by Crippen LogP contribution is 2.42. The van der Waals surface area contributed by atoms with Gasteiger partial charge in [0.1, 0.15) is 5.01 Å². The zero-order valence-corrected chi connectivity index (χ0v) is 16.4. The molecule has 0 spiro atoms. The molecule has 29 heavy (non-hydrogen) atoms. The van der Waals surface area contributed by atoms with Crippen molar-refractivity contribution in [2.24, 2.45) is 0 Å². The van der Waals surface area contributed by atoms with E-state index < -0.39 is 0 Å². The van der Waals surface area contributed by atoms with Gasteiger partial charge in [0.25, 0.3) is 11.8 Å². The standard InChI is InChI=1S/C21H18N4O3S/c26-16(22-21-24-23-18(29-21)13-9-10-13)8-3-11-25-19(27)14-6-1-4-12-5-2-7-15(17(12)14)20(25)28/h1-2,4-7,13H,3,8-11H2,(H,22,24,26). The van der Waals surface area contributed by atoms with Crippen LogP contribution in [0.15, 0.2) is 36.4 Å². The number of imide groups is 1. The number of rotatable bonds is 6. The maximum Gasteiger partial charge on any atom is 0.261 e. The average molecular weight is 406 g/mol. The van der Waals surface area contributed by atoms with Crippen molar-refractivity contribution in [1.29, 1.82) is 0 Å². The molecular weight excluding hydrogens is 388 g/mol. The molecule has 0 atom stereocenters. The molecule has 1 N–H and O–H groups in total. The molecule has 1 aromatic heterocycles. The highest BCUT2D eigenvalue weighted by molar-refractivity contribution is 7.15. The molecule has 0 bridgehead atoms. The topological polar surface area (TPSA) is 92.3 Å². The predicted molar refractivity (Wildman–Crippen MR) is 109 cm³/mol. The number of carbonyl (C=O) groups excluding carboxylic acids is 3. The van der Waals surface area contributed by atoms with E-state index in [2.05, 4.69) is 15.5 Å². The third-order valence-corrected chi connectivity index (χ3v) is 6.26. The van der Waals surface area contributed by atoms with Gasteiger partial charge in [-0.15, -0.1) is 10.2 Å². The summed E-state index contributed by atoms with van der Waals surface area (Å²) in [6, 6.07) is 10.9. The van der Waals surface area contributed by atoms with Crippen LogP contribution in [-0.4, -0.2) is 39.4 Å².